The molecule has 3 aromatic rings. The zero-order chi connectivity index (χ0) is 30.0. The number of ether oxygens (including phenoxy) is 1. The van der Waals surface area contributed by atoms with E-state index in [1.807, 2.05) is 0 Å². The molecule has 2 aliphatic rings. The van der Waals surface area contributed by atoms with E-state index in [0.717, 1.165) is 45.7 Å². The SMILES string of the molecule is COc1cccc(-c2c(C)c(Cc3c(F)cccc3F)c3n(c2=O)C(CN2CCN(CCCN(C)C)CC2)CS3)c1F. The van der Waals surface area contributed by atoms with Crippen LogP contribution in [-0.4, -0.2) is 92.0 Å². The first-order valence-corrected chi connectivity index (χ1v) is 15.4. The Bertz CT molecular complexity index is 1470. The molecule has 0 amide bonds. The molecule has 1 fully saturated rings. The molecule has 1 saturated heterocycles. The summed E-state index contributed by atoms with van der Waals surface area (Å²) in [5.41, 5.74) is 1.16. The van der Waals surface area contributed by atoms with Crippen molar-refractivity contribution in [1.82, 2.24) is 19.3 Å². The molecule has 6 nitrogen and oxygen atoms in total. The molecule has 1 unspecified atom stereocenters. The summed E-state index contributed by atoms with van der Waals surface area (Å²) in [5.74, 6) is -1.22. The number of aromatic nitrogens is 1. The van der Waals surface area contributed by atoms with E-state index < -0.39 is 17.5 Å². The van der Waals surface area contributed by atoms with Gasteiger partial charge in [0.15, 0.2) is 11.6 Å². The highest BCUT2D eigenvalue weighted by atomic mass is 32.2. The van der Waals surface area contributed by atoms with Gasteiger partial charge in [-0.2, -0.15) is 0 Å². The fraction of sp³-hybridized carbons (Fsp3) is 0.469. The standard InChI is InChI=1S/C32H39F3N4O2S/c1-21-24(18-25-26(33)9-6-10-27(25)34)32-39(31(40)29(21)23-8-5-11-28(41-4)30(23)35)22(20-42-32)19-38-16-14-37(15-17-38)13-7-12-36(2)3/h5-6,8-11,22H,7,12-20H2,1-4H3. The molecule has 42 heavy (non-hydrogen) atoms. The fourth-order valence-corrected chi connectivity index (χ4v) is 7.45. The lowest BCUT2D eigenvalue weighted by molar-refractivity contribution is 0.118. The monoisotopic (exact) mass is 600 g/mol. The van der Waals surface area contributed by atoms with Gasteiger partial charge in [0.1, 0.15) is 11.6 Å². The molecule has 3 heterocycles. The van der Waals surface area contributed by atoms with Crippen LogP contribution in [0.2, 0.25) is 0 Å². The predicted molar refractivity (Wildman–Crippen MR) is 162 cm³/mol. The van der Waals surface area contributed by atoms with E-state index in [1.165, 1.54) is 43.1 Å². The Kier molecular flexibility index (Phi) is 9.67. The highest BCUT2D eigenvalue weighted by Gasteiger charge is 2.33. The number of nitrogens with zero attached hydrogens (tertiary/aromatic N) is 4. The third kappa shape index (κ3) is 6.27. The van der Waals surface area contributed by atoms with Crippen LogP contribution in [0, 0.1) is 24.4 Å². The van der Waals surface area contributed by atoms with E-state index in [9.17, 15) is 13.6 Å². The van der Waals surface area contributed by atoms with Crippen molar-refractivity contribution in [2.45, 2.75) is 30.8 Å². The molecule has 5 rings (SSSR count). The topological polar surface area (TPSA) is 41.0 Å². The Morgan fingerprint density at radius 1 is 0.976 bits per heavy atom. The van der Waals surface area contributed by atoms with Crippen LogP contribution in [0.5, 0.6) is 5.75 Å². The van der Waals surface area contributed by atoms with Crippen LogP contribution in [0.4, 0.5) is 13.2 Å². The molecule has 0 spiro atoms. The molecule has 0 saturated carbocycles. The number of hydrogen-bond donors (Lipinski definition) is 0. The lowest BCUT2D eigenvalue weighted by Gasteiger charge is -2.36. The molecule has 0 bridgehead atoms. The number of rotatable bonds is 10. The second-order valence-corrected chi connectivity index (χ2v) is 12.4. The van der Waals surface area contributed by atoms with E-state index in [1.54, 1.807) is 23.6 Å². The number of thioether (sulfide) groups is 1. The third-order valence-electron chi connectivity index (χ3n) is 8.40. The molecular formula is C32H39F3N4O2S. The van der Waals surface area contributed by atoms with Gasteiger partial charge in [-0.25, -0.2) is 13.2 Å². The number of hydrogen-bond acceptors (Lipinski definition) is 6. The van der Waals surface area contributed by atoms with Gasteiger partial charge in [-0.1, -0.05) is 18.2 Å². The van der Waals surface area contributed by atoms with Crippen molar-refractivity contribution in [3.63, 3.8) is 0 Å². The first kappa shape index (κ1) is 30.7. The van der Waals surface area contributed by atoms with Crippen LogP contribution in [0.15, 0.2) is 46.2 Å². The van der Waals surface area contributed by atoms with Gasteiger partial charge in [0.05, 0.1) is 23.7 Å². The zero-order valence-corrected chi connectivity index (χ0v) is 25.6. The molecule has 2 aliphatic heterocycles. The Morgan fingerprint density at radius 2 is 1.64 bits per heavy atom. The minimum absolute atomic E-state index is 0.0351. The first-order valence-electron chi connectivity index (χ1n) is 14.5. The maximum atomic E-state index is 15.6. The molecule has 0 radical (unpaired) electrons. The number of benzene rings is 2. The lowest BCUT2D eigenvalue weighted by atomic mass is 9.94. The van der Waals surface area contributed by atoms with Gasteiger partial charge in [-0.3, -0.25) is 14.3 Å². The number of halogens is 3. The Labute approximate surface area is 250 Å². The maximum Gasteiger partial charge on any atom is 0.260 e. The Balaban J connectivity index is 1.50. The van der Waals surface area contributed by atoms with Gasteiger partial charge in [0.2, 0.25) is 0 Å². The smallest absolute Gasteiger partial charge is 0.260 e. The number of fused-ring (bicyclic) bond motifs is 1. The predicted octanol–water partition coefficient (Wildman–Crippen LogP) is 5.06. The highest BCUT2D eigenvalue weighted by Crippen LogP contribution is 2.41. The summed E-state index contributed by atoms with van der Waals surface area (Å²) in [7, 11) is 5.56. The van der Waals surface area contributed by atoms with Crippen molar-refractivity contribution in [1.29, 1.82) is 0 Å². The second-order valence-electron chi connectivity index (χ2n) is 11.4. The Morgan fingerprint density at radius 3 is 2.31 bits per heavy atom. The summed E-state index contributed by atoms with van der Waals surface area (Å²) >= 11 is 1.54. The van der Waals surface area contributed by atoms with Gasteiger partial charge in [-0.15, -0.1) is 11.8 Å². The summed E-state index contributed by atoms with van der Waals surface area (Å²) in [4.78, 5) is 21.3. The van der Waals surface area contributed by atoms with Gasteiger partial charge in [0.25, 0.3) is 5.56 Å². The van der Waals surface area contributed by atoms with Gasteiger partial charge in [-0.05, 0) is 69.9 Å². The van der Waals surface area contributed by atoms with Gasteiger partial charge >= 0.3 is 0 Å². The quantitative estimate of drug-likeness (QED) is 0.324. The zero-order valence-electron chi connectivity index (χ0n) is 24.8. The van der Waals surface area contributed by atoms with Crippen molar-refractivity contribution in [2.24, 2.45) is 0 Å². The molecular weight excluding hydrogens is 561 g/mol. The molecule has 0 aliphatic carbocycles. The molecule has 1 aromatic heterocycles. The molecule has 226 valence electrons. The number of methoxy groups -OCH3 is 1. The van der Waals surface area contributed by atoms with Crippen LogP contribution < -0.4 is 10.3 Å². The first-order chi connectivity index (χ1) is 20.2. The lowest BCUT2D eigenvalue weighted by Crippen LogP contribution is -2.48. The average Bonchev–Trinajstić information content (AvgIpc) is 3.37. The van der Waals surface area contributed by atoms with Crippen molar-refractivity contribution < 1.29 is 17.9 Å². The van der Waals surface area contributed by atoms with Crippen molar-refractivity contribution in [3.05, 3.63) is 80.9 Å². The van der Waals surface area contributed by atoms with E-state index in [2.05, 4.69) is 28.8 Å². The fourth-order valence-electron chi connectivity index (χ4n) is 6.07. The summed E-state index contributed by atoms with van der Waals surface area (Å²) in [5, 5.41) is 0.708. The second kappa shape index (κ2) is 13.2. The van der Waals surface area contributed by atoms with Crippen molar-refractivity contribution >= 4 is 11.8 Å². The Hall–Kier alpha value is -2.79. The summed E-state index contributed by atoms with van der Waals surface area (Å²) < 4.78 is 52.2. The number of piperazine rings is 1. The summed E-state index contributed by atoms with van der Waals surface area (Å²) in [6, 6.07) is 8.39. The van der Waals surface area contributed by atoms with Gasteiger partial charge in [0, 0.05) is 56.0 Å². The maximum absolute atomic E-state index is 15.6. The van der Waals surface area contributed by atoms with E-state index >= 15 is 4.39 Å². The van der Waals surface area contributed by atoms with Crippen LogP contribution in [0.3, 0.4) is 0 Å². The van der Waals surface area contributed by atoms with E-state index in [0.29, 0.717) is 28.5 Å². The average molecular weight is 601 g/mol. The van der Waals surface area contributed by atoms with E-state index in [4.69, 9.17) is 4.74 Å². The van der Waals surface area contributed by atoms with Crippen LogP contribution in [-0.2, 0) is 6.42 Å². The highest BCUT2D eigenvalue weighted by molar-refractivity contribution is 7.99. The minimum atomic E-state index is -0.642. The van der Waals surface area contributed by atoms with Crippen molar-refractivity contribution in [2.75, 3.05) is 72.8 Å². The van der Waals surface area contributed by atoms with E-state index in [-0.39, 0.29) is 40.5 Å². The molecule has 0 N–H and O–H groups in total. The summed E-state index contributed by atoms with van der Waals surface area (Å²) in [6.45, 7) is 8.32. The van der Waals surface area contributed by atoms with Crippen LogP contribution in [0.1, 0.15) is 29.2 Å². The molecule has 1 atom stereocenters. The minimum Gasteiger partial charge on any atom is -0.494 e. The largest absolute Gasteiger partial charge is 0.494 e. The molecule has 10 heteroatoms. The number of pyridine rings is 1. The van der Waals surface area contributed by atoms with Crippen LogP contribution >= 0.6 is 11.8 Å². The normalized spacial score (nSPS) is 17.7. The third-order valence-corrected chi connectivity index (χ3v) is 9.66. The van der Waals surface area contributed by atoms with Gasteiger partial charge < -0.3 is 14.5 Å². The van der Waals surface area contributed by atoms with Crippen LogP contribution in [0.25, 0.3) is 11.1 Å². The molecule has 2 aromatic carbocycles. The summed E-state index contributed by atoms with van der Waals surface area (Å²) in [6.07, 6.45) is 1.09. The van der Waals surface area contributed by atoms with Crippen molar-refractivity contribution in [3.8, 4) is 16.9 Å².